The zero-order chi connectivity index (χ0) is 10.9. The lowest BCUT2D eigenvalue weighted by atomic mass is 10.2. The van der Waals surface area contributed by atoms with Gasteiger partial charge in [-0.3, -0.25) is 0 Å². The molecule has 1 rings (SSSR count). The van der Waals surface area contributed by atoms with Crippen LogP contribution in [-0.2, 0) is 6.54 Å². The van der Waals surface area contributed by atoms with E-state index in [9.17, 15) is 0 Å². The third-order valence-corrected chi connectivity index (χ3v) is 2.88. The summed E-state index contributed by atoms with van der Waals surface area (Å²) in [6.07, 6.45) is 5.28. The van der Waals surface area contributed by atoms with E-state index in [0.29, 0.717) is 0 Å². The molecule has 0 bridgehead atoms. The summed E-state index contributed by atoms with van der Waals surface area (Å²) in [7, 11) is 3.65. The molecule has 0 unspecified atom stereocenters. The van der Waals surface area contributed by atoms with Crippen molar-refractivity contribution in [2.75, 3.05) is 6.54 Å². The van der Waals surface area contributed by atoms with Crippen LogP contribution in [0.25, 0.3) is 0 Å². The molecule has 0 aliphatic carbocycles. The Balaban J connectivity index is 2.16. The SMILES string of the molecule is CCCCCCN([Si])Cc1ccccc1. The summed E-state index contributed by atoms with van der Waals surface area (Å²) in [5.74, 6) is 0. The summed E-state index contributed by atoms with van der Waals surface area (Å²) in [5, 5.41) is 0. The third kappa shape index (κ3) is 5.75. The van der Waals surface area contributed by atoms with Crippen molar-refractivity contribution in [3.63, 3.8) is 0 Å². The summed E-state index contributed by atoms with van der Waals surface area (Å²) in [5.41, 5.74) is 1.36. The maximum atomic E-state index is 3.65. The maximum absolute atomic E-state index is 3.65. The van der Waals surface area contributed by atoms with Gasteiger partial charge in [-0.25, -0.2) is 0 Å². The maximum Gasteiger partial charge on any atom is 0.143 e. The fourth-order valence-corrected chi connectivity index (χ4v) is 1.95. The van der Waals surface area contributed by atoms with Gasteiger partial charge in [-0.15, -0.1) is 0 Å². The molecule has 15 heavy (non-hydrogen) atoms. The molecule has 0 N–H and O–H groups in total. The third-order valence-electron chi connectivity index (χ3n) is 2.50. The normalized spacial score (nSPS) is 10.9. The van der Waals surface area contributed by atoms with Gasteiger partial charge in [0, 0.05) is 6.54 Å². The Morgan fingerprint density at radius 1 is 1.07 bits per heavy atom. The van der Waals surface area contributed by atoms with Crippen LogP contribution < -0.4 is 0 Å². The lowest BCUT2D eigenvalue weighted by molar-refractivity contribution is 0.426. The summed E-state index contributed by atoms with van der Waals surface area (Å²) < 4.78 is 2.21. The molecule has 0 amide bonds. The van der Waals surface area contributed by atoms with Crippen LogP contribution in [0.5, 0.6) is 0 Å². The van der Waals surface area contributed by atoms with Gasteiger partial charge in [0.25, 0.3) is 0 Å². The minimum atomic E-state index is 0.990. The predicted molar refractivity (Wildman–Crippen MR) is 66.7 cm³/mol. The largest absolute Gasteiger partial charge is 0.323 e. The molecule has 2 heteroatoms. The Morgan fingerprint density at radius 2 is 1.80 bits per heavy atom. The van der Waals surface area contributed by atoms with Crippen molar-refractivity contribution in [1.29, 1.82) is 0 Å². The van der Waals surface area contributed by atoms with Gasteiger partial charge in [0.2, 0.25) is 0 Å². The van der Waals surface area contributed by atoms with Crippen molar-refractivity contribution in [2.45, 2.75) is 39.2 Å². The predicted octanol–water partition coefficient (Wildman–Crippen LogP) is 3.15. The highest BCUT2D eigenvalue weighted by atomic mass is 28.2. The summed E-state index contributed by atoms with van der Waals surface area (Å²) in [4.78, 5) is 0. The fourth-order valence-electron chi connectivity index (χ4n) is 1.61. The minimum absolute atomic E-state index is 0.990. The van der Waals surface area contributed by atoms with E-state index in [4.69, 9.17) is 0 Å². The van der Waals surface area contributed by atoms with E-state index in [-0.39, 0.29) is 0 Å². The van der Waals surface area contributed by atoms with Crippen LogP contribution in [0.4, 0.5) is 0 Å². The molecule has 0 atom stereocenters. The van der Waals surface area contributed by atoms with E-state index in [1.807, 2.05) is 0 Å². The lowest BCUT2D eigenvalue weighted by Gasteiger charge is -2.16. The molecule has 1 aromatic rings. The Labute approximate surface area is 97.0 Å². The number of unbranched alkanes of at least 4 members (excludes halogenated alkanes) is 3. The second kappa shape index (κ2) is 7.66. The average molecular weight is 218 g/mol. The molecule has 0 aliphatic rings. The lowest BCUT2D eigenvalue weighted by Crippen LogP contribution is -2.20. The number of benzene rings is 1. The van der Waals surface area contributed by atoms with Gasteiger partial charge in [0.05, 0.1) is 0 Å². The van der Waals surface area contributed by atoms with Gasteiger partial charge in [0.1, 0.15) is 10.4 Å². The van der Waals surface area contributed by atoms with Crippen LogP contribution >= 0.6 is 0 Å². The van der Waals surface area contributed by atoms with Crippen LogP contribution in [0.15, 0.2) is 30.3 Å². The molecule has 0 heterocycles. The molecule has 0 fully saturated rings. The van der Waals surface area contributed by atoms with Gasteiger partial charge in [-0.1, -0.05) is 56.5 Å². The molecule has 0 spiro atoms. The van der Waals surface area contributed by atoms with E-state index in [1.165, 1.54) is 31.2 Å². The first-order valence-electron chi connectivity index (χ1n) is 5.83. The standard InChI is InChI=1S/C13H20NSi/c1-2-3-4-8-11-14(15)12-13-9-6-5-7-10-13/h5-7,9-10H,2-4,8,11-12H2,1H3. The summed E-state index contributed by atoms with van der Waals surface area (Å²) in [6.45, 7) is 4.37. The molecular weight excluding hydrogens is 198 g/mol. The van der Waals surface area contributed by atoms with Crippen molar-refractivity contribution in [3.8, 4) is 0 Å². The van der Waals surface area contributed by atoms with Crippen molar-refractivity contribution in [1.82, 2.24) is 4.57 Å². The molecule has 0 aliphatic heterocycles. The van der Waals surface area contributed by atoms with Crippen LogP contribution in [0.2, 0.25) is 0 Å². The molecule has 81 valence electrons. The van der Waals surface area contributed by atoms with E-state index >= 15 is 0 Å². The number of hydrogen-bond donors (Lipinski definition) is 0. The Kier molecular flexibility index (Phi) is 6.36. The molecule has 0 saturated heterocycles. The highest BCUT2D eigenvalue weighted by Crippen LogP contribution is 2.04. The second-order valence-electron chi connectivity index (χ2n) is 3.97. The van der Waals surface area contributed by atoms with Gasteiger partial charge in [-0.05, 0) is 18.5 Å². The zero-order valence-electron chi connectivity index (χ0n) is 9.58. The van der Waals surface area contributed by atoms with Crippen molar-refractivity contribution in [2.24, 2.45) is 0 Å². The van der Waals surface area contributed by atoms with Gasteiger partial charge in [0.15, 0.2) is 0 Å². The van der Waals surface area contributed by atoms with Crippen LogP contribution in [0.3, 0.4) is 0 Å². The highest BCUT2D eigenvalue weighted by molar-refractivity contribution is 6.04. The molecular formula is C13H20NSi. The molecule has 0 aromatic heterocycles. The monoisotopic (exact) mass is 218 g/mol. The molecule has 3 radical (unpaired) electrons. The summed E-state index contributed by atoms with van der Waals surface area (Å²) in [6, 6.07) is 10.6. The number of hydrogen-bond acceptors (Lipinski definition) is 1. The molecule has 0 saturated carbocycles. The van der Waals surface area contributed by atoms with Crippen molar-refractivity contribution >= 4 is 10.4 Å². The van der Waals surface area contributed by atoms with E-state index in [1.54, 1.807) is 0 Å². The number of rotatable bonds is 7. The Hall–Kier alpha value is -0.603. The van der Waals surface area contributed by atoms with Gasteiger partial charge >= 0.3 is 0 Å². The second-order valence-corrected chi connectivity index (χ2v) is 4.60. The van der Waals surface area contributed by atoms with Crippen LogP contribution in [0, 0.1) is 0 Å². The average Bonchev–Trinajstić information content (AvgIpc) is 2.26. The Morgan fingerprint density at radius 3 is 2.47 bits per heavy atom. The van der Waals surface area contributed by atoms with Crippen molar-refractivity contribution < 1.29 is 0 Å². The first kappa shape index (κ1) is 12.5. The first-order valence-corrected chi connectivity index (χ1v) is 6.27. The zero-order valence-corrected chi connectivity index (χ0v) is 10.6. The molecule has 1 aromatic carbocycles. The van der Waals surface area contributed by atoms with Crippen molar-refractivity contribution in [3.05, 3.63) is 35.9 Å². The Bertz CT molecular complexity index is 248. The topological polar surface area (TPSA) is 3.24 Å². The number of nitrogens with zero attached hydrogens (tertiary/aromatic N) is 1. The fraction of sp³-hybridized carbons (Fsp3) is 0.538. The smallest absolute Gasteiger partial charge is 0.143 e. The minimum Gasteiger partial charge on any atom is -0.323 e. The van der Waals surface area contributed by atoms with Gasteiger partial charge < -0.3 is 4.57 Å². The van der Waals surface area contributed by atoms with Gasteiger partial charge in [-0.2, -0.15) is 0 Å². The highest BCUT2D eigenvalue weighted by Gasteiger charge is 1.99. The first-order chi connectivity index (χ1) is 7.33. The van der Waals surface area contributed by atoms with E-state index in [0.717, 1.165) is 13.1 Å². The summed E-state index contributed by atoms with van der Waals surface area (Å²) >= 11 is 0. The molecule has 1 nitrogen and oxygen atoms in total. The van der Waals surface area contributed by atoms with Crippen LogP contribution in [-0.4, -0.2) is 21.5 Å². The quantitative estimate of drug-likeness (QED) is 0.502. The van der Waals surface area contributed by atoms with E-state index < -0.39 is 0 Å². The van der Waals surface area contributed by atoms with E-state index in [2.05, 4.69) is 52.2 Å². The van der Waals surface area contributed by atoms with Crippen LogP contribution in [0.1, 0.15) is 38.2 Å².